The summed E-state index contributed by atoms with van der Waals surface area (Å²) in [5.74, 6) is 2.05. The summed E-state index contributed by atoms with van der Waals surface area (Å²) in [5, 5.41) is 4.86. The number of ether oxygens (including phenoxy) is 2. The fraction of sp³-hybridized carbons (Fsp3) is 0.348. The molecule has 0 saturated heterocycles. The molecule has 2 aliphatic rings. The molecule has 0 spiro atoms. The molecule has 1 aromatic heterocycles. The molecule has 2 aromatic carbocycles. The molecule has 3 heterocycles. The molecule has 0 amide bonds. The second-order valence-electron chi connectivity index (χ2n) is 8.45. The van der Waals surface area contributed by atoms with Crippen LogP contribution in [0.5, 0.6) is 11.6 Å². The Kier molecular flexibility index (Phi) is 3.54. The van der Waals surface area contributed by atoms with E-state index in [4.69, 9.17) is 20.3 Å². The second kappa shape index (κ2) is 5.77. The third-order valence-corrected chi connectivity index (χ3v) is 6.09. The molecule has 3 aromatic rings. The normalized spacial score (nSPS) is 21.7. The van der Waals surface area contributed by atoms with E-state index in [2.05, 4.69) is 52.0 Å². The van der Waals surface area contributed by atoms with Gasteiger partial charge in [-0.1, -0.05) is 17.7 Å². The van der Waals surface area contributed by atoms with Gasteiger partial charge in [0.15, 0.2) is 0 Å². The van der Waals surface area contributed by atoms with Gasteiger partial charge in [0.2, 0.25) is 5.88 Å². The molecule has 2 N–H and O–H groups in total. The molecule has 5 rings (SSSR count). The molecule has 28 heavy (non-hydrogen) atoms. The minimum absolute atomic E-state index is 0.144. The first kappa shape index (κ1) is 17.2. The van der Waals surface area contributed by atoms with Crippen molar-refractivity contribution in [3.05, 3.63) is 64.8 Å². The zero-order chi connectivity index (χ0) is 19.6. The molecule has 0 bridgehead atoms. The monoisotopic (exact) mass is 375 g/mol. The SMILES string of the molecule is Cc1ccc(-n2nc(C)c3c2OC(C)(C)[C@@H]2COc4ccc(N)cc4[C@H]32)cc1. The summed E-state index contributed by atoms with van der Waals surface area (Å²) in [6.45, 7) is 9.03. The van der Waals surface area contributed by atoms with E-state index in [0.717, 1.165) is 39.8 Å². The van der Waals surface area contributed by atoms with Crippen LogP contribution in [-0.2, 0) is 0 Å². The molecule has 0 aliphatic carbocycles. The summed E-state index contributed by atoms with van der Waals surface area (Å²) in [5.41, 5.74) is 12.0. The lowest BCUT2D eigenvalue weighted by atomic mass is 9.70. The van der Waals surface area contributed by atoms with Crippen LogP contribution in [0.1, 0.15) is 42.1 Å². The molecule has 5 nitrogen and oxygen atoms in total. The van der Waals surface area contributed by atoms with Gasteiger partial charge >= 0.3 is 0 Å². The fourth-order valence-electron chi connectivity index (χ4n) is 4.55. The predicted octanol–water partition coefficient (Wildman–Crippen LogP) is 4.38. The number of nitrogen functional groups attached to an aromatic ring is 1. The molecule has 5 heteroatoms. The molecular weight excluding hydrogens is 350 g/mol. The van der Waals surface area contributed by atoms with Crippen molar-refractivity contribution in [1.82, 2.24) is 9.78 Å². The van der Waals surface area contributed by atoms with Gasteiger partial charge in [0.25, 0.3) is 0 Å². The lowest BCUT2D eigenvalue weighted by Gasteiger charge is -2.46. The number of anilines is 1. The van der Waals surface area contributed by atoms with Crippen LogP contribution < -0.4 is 15.2 Å². The highest BCUT2D eigenvalue weighted by atomic mass is 16.5. The number of hydrogen-bond acceptors (Lipinski definition) is 4. The van der Waals surface area contributed by atoms with Gasteiger partial charge in [0, 0.05) is 28.7 Å². The van der Waals surface area contributed by atoms with Crippen LogP contribution in [-0.4, -0.2) is 22.0 Å². The van der Waals surface area contributed by atoms with Gasteiger partial charge < -0.3 is 15.2 Å². The fourth-order valence-corrected chi connectivity index (χ4v) is 4.55. The van der Waals surface area contributed by atoms with Gasteiger partial charge in [0.05, 0.1) is 18.0 Å². The lowest BCUT2D eigenvalue weighted by Crippen LogP contribution is -2.49. The van der Waals surface area contributed by atoms with E-state index in [1.807, 2.05) is 22.9 Å². The van der Waals surface area contributed by atoms with Crippen molar-refractivity contribution in [2.75, 3.05) is 12.3 Å². The van der Waals surface area contributed by atoms with Crippen LogP contribution in [0.3, 0.4) is 0 Å². The number of hydrogen-bond donors (Lipinski definition) is 1. The maximum Gasteiger partial charge on any atom is 0.221 e. The quantitative estimate of drug-likeness (QED) is 0.641. The minimum atomic E-state index is -0.394. The average molecular weight is 375 g/mol. The van der Waals surface area contributed by atoms with Crippen molar-refractivity contribution in [2.24, 2.45) is 5.92 Å². The summed E-state index contributed by atoms with van der Waals surface area (Å²) < 4.78 is 14.6. The van der Waals surface area contributed by atoms with Crippen LogP contribution in [0.2, 0.25) is 0 Å². The number of fused-ring (bicyclic) bond motifs is 5. The van der Waals surface area contributed by atoms with E-state index in [9.17, 15) is 0 Å². The highest BCUT2D eigenvalue weighted by Gasteiger charge is 2.50. The van der Waals surface area contributed by atoms with Crippen molar-refractivity contribution < 1.29 is 9.47 Å². The van der Waals surface area contributed by atoms with Gasteiger partial charge in [-0.3, -0.25) is 0 Å². The van der Waals surface area contributed by atoms with E-state index in [-0.39, 0.29) is 11.8 Å². The van der Waals surface area contributed by atoms with Gasteiger partial charge in [-0.15, -0.1) is 0 Å². The topological polar surface area (TPSA) is 62.3 Å². The summed E-state index contributed by atoms with van der Waals surface area (Å²) >= 11 is 0. The maximum atomic E-state index is 6.56. The standard InChI is InChI=1S/C23H25N3O2/c1-13-5-8-16(9-6-13)26-22-20(14(2)25-26)21-17-11-15(24)7-10-19(17)27-12-18(21)23(3,4)28-22/h5-11,18,21H,12,24H2,1-4H3/t18-,21+/m1/s1. The van der Waals surface area contributed by atoms with Crippen LogP contribution >= 0.6 is 0 Å². The van der Waals surface area contributed by atoms with Crippen molar-refractivity contribution in [1.29, 1.82) is 0 Å². The Morgan fingerprint density at radius 1 is 1.11 bits per heavy atom. The summed E-state index contributed by atoms with van der Waals surface area (Å²) in [4.78, 5) is 0. The molecule has 2 aliphatic heterocycles. The summed E-state index contributed by atoms with van der Waals surface area (Å²) in [6, 6.07) is 14.3. The van der Waals surface area contributed by atoms with Crippen molar-refractivity contribution in [2.45, 2.75) is 39.2 Å². The Balaban J connectivity index is 1.75. The Hall–Kier alpha value is -2.95. The highest BCUT2D eigenvalue weighted by Crippen LogP contribution is 2.54. The minimum Gasteiger partial charge on any atom is -0.493 e. The smallest absolute Gasteiger partial charge is 0.221 e. The summed E-state index contributed by atoms with van der Waals surface area (Å²) in [6.07, 6.45) is 0. The van der Waals surface area contributed by atoms with Crippen LogP contribution in [0.25, 0.3) is 5.69 Å². The lowest BCUT2D eigenvalue weighted by molar-refractivity contribution is -0.0186. The van der Waals surface area contributed by atoms with Crippen LogP contribution in [0, 0.1) is 19.8 Å². The second-order valence-corrected chi connectivity index (χ2v) is 8.45. The van der Waals surface area contributed by atoms with E-state index in [0.29, 0.717) is 6.61 Å². The molecular formula is C23H25N3O2. The molecule has 0 radical (unpaired) electrons. The Morgan fingerprint density at radius 3 is 2.61 bits per heavy atom. The largest absolute Gasteiger partial charge is 0.493 e. The molecule has 0 unspecified atom stereocenters. The Bertz CT molecular complexity index is 1070. The van der Waals surface area contributed by atoms with Crippen molar-refractivity contribution in [3.8, 4) is 17.3 Å². The number of aromatic nitrogens is 2. The van der Waals surface area contributed by atoms with Gasteiger partial charge in [-0.05, 0) is 58.0 Å². The van der Waals surface area contributed by atoms with E-state index < -0.39 is 5.60 Å². The molecule has 0 fully saturated rings. The first-order valence-corrected chi connectivity index (χ1v) is 9.73. The zero-order valence-corrected chi connectivity index (χ0v) is 16.7. The predicted molar refractivity (Wildman–Crippen MR) is 109 cm³/mol. The number of rotatable bonds is 1. The maximum absolute atomic E-state index is 6.56. The van der Waals surface area contributed by atoms with Crippen molar-refractivity contribution >= 4 is 5.69 Å². The third-order valence-electron chi connectivity index (χ3n) is 6.09. The van der Waals surface area contributed by atoms with E-state index >= 15 is 0 Å². The molecule has 0 saturated carbocycles. The first-order chi connectivity index (χ1) is 13.3. The summed E-state index contributed by atoms with van der Waals surface area (Å²) in [7, 11) is 0. The Labute approximate surface area is 165 Å². The number of aryl methyl sites for hydroxylation is 2. The number of nitrogens with two attached hydrogens (primary N) is 1. The van der Waals surface area contributed by atoms with E-state index in [1.54, 1.807) is 0 Å². The van der Waals surface area contributed by atoms with Crippen LogP contribution in [0.4, 0.5) is 5.69 Å². The zero-order valence-electron chi connectivity index (χ0n) is 16.7. The Morgan fingerprint density at radius 2 is 1.86 bits per heavy atom. The van der Waals surface area contributed by atoms with Gasteiger partial charge in [-0.2, -0.15) is 5.10 Å². The molecule has 2 atom stereocenters. The van der Waals surface area contributed by atoms with Gasteiger partial charge in [0.1, 0.15) is 11.4 Å². The van der Waals surface area contributed by atoms with Crippen molar-refractivity contribution in [3.63, 3.8) is 0 Å². The average Bonchev–Trinajstić information content (AvgIpc) is 2.97. The molecule has 144 valence electrons. The first-order valence-electron chi connectivity index (χ1n) is 9.73. The number of benzene rings is 2. The van der Waals surface area contributed by atoms with E-state index in [1.165, 1.54) is 5.56 Å². The van der Waals surface area contributed by atoms with Crippen LogP contribution in [0.15, 0.2) is 42.5 Å². The highest BCUT2D eigenvalue weighted by molar-refractivity contribution is 5.57. The third kappa shape index (κ3) is 2.42. The number of nitrogens with zero attached hydrogens (tertiary/aromatic N) is 2. The van der Waals surface area contributed by atoms with Gasteiger partial charge in [-0.25, -0.2) is 4.68 Å².